The maximum atomic E-state index is 13.2. The van der Waals surface area contributed by atoms with Crippen molar-refractivity contribution in [1.29, 1.82) is 0 Å². The number of carbonyl (C=O) groups excluding carboxylic acids is 1. The van der Waals surface area contributed by atoms with E-state index in [1.54, 1.807) is 16.7 Å². The van der Waals surface area contributed by atoms with Gasteiger partial charge in [-0.25, -0.2) is 0 Å². The van der Waals surface area contributed by atoms with Crippen LogP contribution < -0.4 is 5.32 Å². The van der Waals surface area contributed by atoms with E-state index in [2.05, 4.69) is 10.3 Å². The summed E-state index contributed by atoms with van der Waals surface area (Å²) >= 11 is 4.37. The fraction of sp³-hybridized carbons (Fsp3) is 0.120. The highest BCUT2D eigenvalue weighted by atomic mass is 35.5. The van der Waals surface area contributed by atoms with E-state index >= 15 is 0 Å². The monoisotopic (exact) mass is 463 g/mol. The van der Waals surface area contributed by atoms with E-state index in [0.717, 1.165) is 28.1 Å². The van der Waals surface area contributed by atoms with Gasteiger partial charge in [0.05, 0.1) is 11.4 Å². The normalized spacial score (nSPS) is 11.9. The van der Waals surface area contributed by atoms with Gasteiger partial charge in [0.1, 0.15) is 0 Å². The number of carbonyl (C=O) groups is 1. The summed E-state index contributed by atoms with van der Waals surface area (Å²) in [4.78, 5) is 17.3. The summed E-state index contributed by atoms with van der Waals surface area (Å²) < 4.78 is 15.0. The third-order valence-corrected chi connectivity index (χ3v) is 6.66. The second-order valence-electron chi connectivity index (χ2n) is 7.41. The largest absolute Gasteiger partial charge is 0.609 e. The van der Waals surface area contributed by atoms with Crippen molar-refractivity contribution >= 4 is 34.4 Å². The van der Waals surface area contributed by atoms with E-state index < -0.39 is 11.2 Å². The number of aryl methyl sites for hydroxylation is 1. The Morgan fingerprint density at radius 2 is 1.75 bits per heavy atom. The highest BCUT2D eigenvalue weighted by molar-refractivity contribution is 7.92. The maximum absolute atomic E-state index is 13.2. The van der Waals surface area contributed by atoms with Crippen molar-refractivity contribution < 1.29 is 9.35 Å². The van der Waals surface area contributed by atoms with Gasteiger partial charge >= 0.3 is 5.16 Å². The van der Waals surface area contributed by atoms with Crippen molar-refractivity contribution in [1.82, 2.24) is 9.55 Å². The molecule has 0 aliphatic rings. The zero-order chi connectivity index (χ0) is 22.7. The second kappa shape index (κ2) is 9.61. The van der Waals surface area contributed by atoms with Crippen LogP contribution in [0.3, 0.4) is 0 Å². The SMILES string of the molecule is Cc1cccc(NC(=O)C[S+]([O-])c2nc(-c3ccccc3)cn2-c2ccc(Cl)cc2)c1C. The second-order valence-corrected chi connectivity index (χ2v) is 9.19. The lowest BCUT2D eigenvalue weighted by Crippen LogP contribution is -2.25. The number of nitrogens with one attached hydrogen (secondary N) is 1. The molecule has 1 atom stereocenters. The number of nitrogens with zero attached hydrogens (tertiary/aromatic N) is 2. The fourth-order valence-electron chi connectivity index (χ4n) is 3.31. The molecule has 3 aromatic carbocycles. The summed E-state index contributed by atoms with van der Waals surface area (Å²) in [5, 5.41) is 3.78. The van der Waals surface area contributed by atoms with Crippen LogP contribution in [-0.2, 0) is 16.0 Å². The Kier molecular flexibility index (Phi) is 6.65. The molecule has 0 saturated carbocycles. The average molecular weight is 464 g/mol. The van der Waals surface area contributed by atoms with Gasteiger partial charge in [-0.2, -0.15) is 4.98 Å². The standard InChI is InChI=1S/C25H22ClN3O2S/c1-17-7-6-10-22(18(17)2)27-24(30)16-32(31)25-28-23(19-8-4-3-5-9-19)15-29(25)21-13-11-20(26)12-14-21/h3-15H,16H2,1-2H3,(H,27,30). The maximum Gasteiger partial charge on any atom is 0.328 e. The lowest BCUT2D eigenvalue weighted by Gasteiger charge is -2.13. The topological polar surface area (TPSA) is 70.0 Å². The zero-order valence-corrected chi connectivity index (χ0v) is 19.3. The first kappa shape index (κ1) is 22.1. The molecule has 1 amide bonds. The Morgan fingerprint density at radius 3 is 2.47 bits per heavy atom. The predicted octanol–water partition coefficient (Wildman–Crippen LogP) is 5.56. The molecule has 5 nitrogen and oxygen atoms in total. The number of hydrogen-bond acceptors (Lipinski definition) is 3. The number of benzene rings is 3. The highest BCUT2D eigenvalue weighted by Crippen LogP contribution is 2.26. The van der Waals surface area contributed by atoms with Gasteiger partial charge in [0.15, 0.2) is 5.75 Å². The molecule has 0 aliphatic carbocycles. The van der Waals surface area contributed by atoms with Crippen LogP contribution in [0.15, 0.2) is 84.1 Å². The lowest BCUT2D eigenvalue weighted by molar-refractivity contribution is -0.113. The van der Waals surface area contributed by atoms with Gasteiger partial charge in [0.25, 0.3) is 5.91 Å². The van der Waals surface area contributed by atoms with Crippen molar-refractivity contribution in [3.8, 4) is 16.9 Å². The van der Waals surface area contributed by atoms with Crippen LogP contribution >= 0.6 is 11.6 Å². The number of halogens is 1. The molecule has 1 N–H and O–H groups in total. The number of hydrogen-bond donors (Lipinski definition) is 1. The van der Waals surface area contributed by atoms with Crippen LogP contribution in [0.1, 0.15) is 11.1 Å². The Morgan fingerprint density at radius 1 is 1.03 bits per heavy atom. The van der Waals surface area contributed by atoms with E-state index in [9.17, 15) is 9.35 Å². The third-order valence-electron chi connectivity index (χ3n) is 5.19. The molecule has 1 heterocycles. The van der Waals surface area contributed by atoms with E-state index in [4.69, 9.17) is 11.6 Å². The van der Waals surface area contributed by atoms with Crippen LogP contribution in [0.4, 0.5) is 5.69 Å². The number of rotatable bonds is 6. The molecule has 0 spiro atoms. The van der Waals surface area contributed by atoms with E-state index in [-0.39, 0.29) is 11.7 Å². The summed E-state index contributed by atoms with van der Waals surface area (Å²) in [6.07, 6.45) is 1.83. The lowest BCUT2D eigenvalue weighted by atomic mass is 10.1. The predicted molar refractivity (Wildman–Crippen MR) is 130 cm³/mol. The van der Waals surface area contributed by atoms with Crippen molar-refractivity contribution in [3.63, 3.8) is 0 Å². The minimum atomic E-state index is -1.66. The summed E-state index contributed by atoms with van der Waals surface area (Å²) in [7, 11) is 0. The van der Waals surface area contributed by atoms with Gasteiger partial charge in [-0.1, -0.05) is 54.1 Å². The van der Waals surface area contributed by atoms with Crippen LogP contribution in [0.2, 0.25) is 5.02 Å². The molecule has 0 saturated heterocycles. The van der Waals surface area contributed by atoms with E-state index in [1.807, 2.05) is 80.7 Å². The van der Waals surface area contributed by atoms with E-state index in [0.29, 0.717) is 15.9 Å². The van der Waals surface area contributed by atoms with Crippen LogP contribution in [0.25, 0.3) is 16.9 Å². The fourth-order valence-corrected chi connectivity index (χ4v) is 4.46. The van der Waals surface area contributed by atoms with Crippen LogP contribution in [0.5, 0.6) is 0 Å². The highest BCUT2D eigenvalue weighted by Gasteiger charge is 2.25. The summed E-state index contributed by atoms with van der Waals surface area (Å²) in [5.74, 6) is -0.532. The molecule has 7 heteroatoms. The first-order chi connectivity index (χ1) is 15.4. The quantitative estimate of drug-likeness (QED) is 0.381. The van der Waals surface area contributed by atoms with Crippen molar-refractivity contribution in [3.05, 3.63) is 95.1 Å². The summed E-state index contributed by atoms with van der Waals surface area (Å²) in [6.45, 7) is 3.93. The molecule has 4 rings (SSSR count). The molecular formula is C25H22ClN3O2S. The molecule has 0 radical (unpaired) electrons. The van der Waals surface area contributed by atoms with Gasteiger partial charge in [-0.15, -0.1) is 0 Å². The smallest absolute Gasteiger partial charge is 0.328 e. The Balaban J connectivity index is 1.63. The van der Waals surface area contributed by atoms with E-state index in [1.165, 1.54) is 0 Å². The minimum absolute atomic E-state index is 0.202. The third kappa shape index (κ3) is 4.88. The molecular weight excluding hydrogens is 442 g/mol. The van der Waals surface area contributed by atoms with Crippen molar-refractivity contribution in [2.24, 2.45) is 0 Å². The molecule has 1 unspecified atom stereocenters. The molecule has 162 valence electrons. The van der Waals surface area contributed by atoms with Crippen molar-refractivity contribution in [2.45, 2.75) is 19.0 Å². The molecule has 32 heavy (non-hydrogen) atoms. The summed E-state index contributed by atoms with van der Waals surface area (Å²) in [6, 6.07) is 22.5. The number of aromatic nitrogens is 2. The van der Waals surface area contributed by atoms with Gasteiger partial charge in [-0.3, -0.25) is 9.36 Å². The number of amides is 1. The first-order valence-corrected chi connectivity index (χ1v) is 11.8. The Hall–Kier alpha value is -3.06. The number of anilines is 1. The number of imidazole rings is 1. The van der Waals surface area contributed by atoms with Crippen molar-refractivity contribution in [2.75, 3.05) is 11.1 Å². The minimum Gasteiger partial charge on any atom is -0.609 e. The van der Waals surface area contributed by atoms with Crippen LogP contribution in [0, 0.1) is 13.8 Å². The molecule has 0 fully saturated rings. The molecule has 0 bridgehead atoms. The zero-order valence-electron chi connectivity index (χ0n) is 17.7. The molecule has 4 aromatic rings. The van der Waals surface area contributed by atoms with Gasteiger partial charge < -0.3 is 9.87 Å². The van der Waals surface area contributed by atoms with Gasteiger partial charge in [0, 0.05) is 33.6 Å². The Labute approximate surface area is 195 Å². The summed E-state index contributed by atoms with van der Waals surface area (Å²) in [5.41, 5.74) is 5.13. The van der Waals surface area contributed by atoms with Gasteiger partial charge in [-0.05, 0) is 55.3 Å². The van der Waals surface area contributed by atoms with Crippen LogP contribution in [-0.4, -0.2) is 25.8 Å². The average Bonchev–Trinajstić information content (AvgIpc) is 3.24. The molecule has 0 aliphatic heterocycles. The van der Waals surface area contributed by atoms with Gasteiger partial charge in [0.2, 0.25) is 0 Å². The molecule has 1 aromatic heterocycles. The first-order valence-electron chi connectivity index (χ1n) is 10.1. The Bertz CT molecular complexity index is 1240.